The van der Waals surface area contributed by atoms with Crippen LogP contribution in [0.1, 0.15) is 40.0 Å². The van der Waals surface area contributed by atoms with E-state index in [0.29, 0.717) is 17.4 Å². The second-order valence-corrected chi connectivity index (χ2v) is 7.02. The van der Waals surface area contributed by atoms with E-state index < -0.39 is 0 Å². The zero-order valence-corrected chi connectivity index (χ0v) is 12.9. The van der Waals surface area contributed by atoms with E-state index in [0.717, 1.165) is 19.0 Å². The Balaban J connectivity index is 2.59. The van der Waals surface area contributed by atoms with Gasteiger partial charge in [0.25, 0.3) is 0 Å². The molecule has 1 fully saturated rings. The van der Waals surface area contributed by atoms with Gasteiger partial charge in [-0.1, -0.05) is 20.8 Å². The zero-order valence-electron chi connectivity index (χ0n) is 12.9. The molecule has 3 unspecified atom stereocenters. The lowest BCUT2D eigenvalue weighted by atomic mass is 9.67. The Morgan fingerprint density at radius 1 is 1.28 bits per heavy atom. The predicted molar refractivity (Wildman–Crippen MR) is 77.7 cm³/mol. The molecule has 3 atom stereocenters. The molecule has 108 valence electrons. The number of hydrogen-bond acceptors (Lipinski definition) is 3. The maximum absolute atomic E-state index is 9.01. The number of nitrogens with zero attached hydrogens (tertiary/aromatic N) is 1. The third kappa shape index (κ3) is 4.52. The highest BCUT2D eigenvalue weighted by molar-refractivity contribution is 4.89. The lowest BCUT2D eigenvalue weighted by molar-refractivity contribution is 0.0912. The standard InChI is InChI=1S/C15H32N2O/c1-15(2,3)13-6-7-14(16-4)12(10-13)11-17(5)8-9-18/h12-14,16,18H,6-11H2,1-5H3. The van der Waals surface area contributed by atoms with Crippen molar-refractivity contribution in [3.63, 3.8) is 0 Å². The Morgan fingerprint density at radius 3 is 2.44 bits per heavy atom. The molecule has 0 amide bonds. The maximum Gasteiger partial charge on any atom is 0.0558 e. The maximum atomic E-state index is 9.01. The van der Waals surface area contributed by atoms with Crippen LogP contribution in [-0.4, -0.2) is 49.8 Å². The van der Waals surface area contributed by atoms with E-state index in [1.165, 1.54) is 19.3 Å². The van der Waals surface area contributed by atoms with Gasteiger partial charge in [-0.05, 0) is 50.6 Å². The van der Waals surface area contributed by atoms with E-state index in [-0.39, 0.29) is 6.61 Å². The molecule has 3 nitrogen and oxygen atoms in total. The van der Waals surface area contributed by atoms with E-state index in [1.807, 2.05) is 0 Å². The summed E-state index contributed by atoms with van der Waals surface area (Å²) in [5.41, 5.74) is 0.423. The molecule has 1 rings (SSSR count). The second kappa shape index (κ2) is 6.88. The van der Waals surface area contributed by atoms with Crippen LogP contribution in [-0.2, 0) is 0 Å². The molecule has 0 spiro atoms. The molecule has 1 aliphatic rings. The summed E-state index contributed by atoms with van der Waals surface area (Å²) < 4.78 is 0. The molecule has 0 aromatic rings. The van der Waals surface area contributed by atoms with Crippen molar-refractivity contribution < 1.29 is 5.11 Å². The monoisotopic (exact) mass is 256 g/mol. The first-order valence-electron chi connectivity index (χ1n) is 7.35. The topological polar surface area (TPSA) is 35.5 Å². The molecule has 0 aromatic carbocycles. The van der Waals surface area contributed by atoms with E-state index >= 15 is 0 Å². The molecular formula is C15H32N2O. The van der Waals surface area contributed by atoms with Crippen LogP contribution in [0.5, 0.6) is 0 Å². The minimum Gasteiger partial charge on any atom is -0.395 e. The SMILES string of the molecule is CNC1CCC(C(C)(C)C)CC1CN(C)CCO. The van der Waals surface area contributed by atoms with Crippen molar-refractivity contribution >= 4 is 0 Å². The summed E-state index contributed by atoms with van der Waals surface area (Å²) in [7, 11) is 4.20. The third-order valence-electron chi connectivity index (χ3n) is 4.61. The van der Waals surface area contributed by atoms with Crippen LogP contribution >= 0.6 is 0 Å². The molecule has 0 radical (unpaired) electrons. The molecule has 18 heavy (non-hydrogen) atoms. The first-order valence-corrected chi connectivity index (χ1v) is 7.35. The molecule has 0 aliphatic heterocycles. The van der Waals surface area contributed by atoms with Crippen molar-refractivity contribution in [3.8, 4) is 0 Å². The Kier molecular flexibility index (Phi) is 6.09. The second-order valence-electron chi connectivity index (χ2n) is 7.02. The molecular weight excluding hydrogens is 224 g/mol. The van der Waals surface area contributed by atoms with Crippen LogP contribution in [0.4, 0.5) is 0 Å². The largest absolute Gasteiger partial charge is 0.395 e. The number of aliphatic hydroxyl groups is 1. The van der Waals surface area contributed by atoms with Gasteiger partial charge >= 0.3 is 0 Å². The van der Waals surface area contributed by atoms with Gasteiger partial charge in [-0.3, -0.25) is 0 Å². The Morgan fingerprint density at radius 2 is 1.94 bits per heavy atom. The van der Waals surface area contributed by atoms with Crippen molar-refractivity contribution in [2.75, 3.05) is 33.8 Å². The summed E-state index contributed by atoms with van der Waals surface area (Å²) >= 11 is 0. The van der Waals surface area contributed by atoms with Crippen LogP contribution < -0.4 is 5.32 Å². The third-order valence-corrected chi connectivity index (χ3v) is 4.61. The first-order chi connectivity index (χ1) is 8.38. The van der Waals surface area contributed by atoms with Crippen LogP contribution in [0.2, 0.25) is 0 Å². The average molecular weight is 256 g/mol. The highest BCUT2D eigenvalue weighted by atomic mass is 16.3. The highest BCUT2D eigenvalue weighted by Gasteiger charge is 2.35. The summed E-state index contributed by atoms with van der Waals surface area (Å²) in [6, 6.07) is 0.643. The lowest BCUT2D eigenvalue weighted by Crippen LogP contribution is -2.46. The van der Waals surface area contributed by atoms with Gasteiger partial charge in [-0.25, -0.2) is 0 Å². The number of hydrogen-bond donors (Lipinski definition) is 2. The van der Waals surface area contributed by atoms with Crippen molar-refractivity contribution in [2.24, 2.45) is 17.3 Å². The number of nitrogens with one attached hydrogen (secondary N) is 1. The van der Waals surface area contributed by atoms with Crippen LogP contribution in [0, 0.1) is 17.3 Å². The quantitative estimate of drug-likeness (QED) is 0.789. The number of likely N-dealkylation sites (N-methyl/N-ethyl adjacent to an activating group) is 1. The summed E-state index contributed by atoms with van der Waals surface area (Å²) in [6.45, 7) is 9.24. The molecule has 1 aliphatic carbocycles. The van der Waals surface area contributed by atoms with Crippen molar-refractivity contribution in [1.82, 2.24) is 10.2 Å². The van der Waals surface area contributed by atoms with E-state index in [2.05, 4.69) is 45.1 Å². The van der Waals surface area contributed by atoms with E-state index in [4.69, 9.17) is 5.11 Å². The number of rotatable bonds is 5. The lowest BCUT2D eigenvalue weighted by Gasteiger charge is -2.43. The van der Waals surface area contributed by atoms with Gasteiger partial charge < -0.3 is 15.3 Å². The first kappa shape index (κ1) is 15.9. The average Bonchev–Trinajstić information content (AvgIpc) is 2.28. The molecule has 0 bridgehead atoms. The van der Waals surface area contributed by atoms with Gasteiger partial charge in [0.05, 0.1) is 6.61 Å². The Labute approximate surface area is 113 Å². The summed E-state index contributed by atoms with van der Waals surface area (Å²) in [6.07, 6.45) is 3.94. The number of aliphatic hydroxyl groups excluding tert-OH is 1. The fraction of sp³-hybridized carbons (Fsp3) is 1.00. The highest BCUT2D eigenvalue weighted by Crippen LogP contribution is 2.40. The Bertz CT molecular complexity index is 237. The summed E-state index contributed by atoms with van der Waals surface area (Å²) in [4.78, 5) is 2.26. The molecule has 0 saturated heterocycles. The molecule has 2 N–H and O–H groups in total. The van der Waals surface area contributed by atoms with Gasteiger partial charge in [-0.2, -0.15) is 0 Å². The smallest absolute Gasteiger partial charge is 0.0558 e. The van der Waals surface area contributed by atoms with Crippen LogP contribution in [0.25, 0.3) is 0 Å². The van der Waals surface area contributed by atoms with Gasteiger partial charge in [0, 0.05) is 19.1 Å². The zero-order chi connectivity index (χ0) is 13.8. The molecule has 0 heterocycles. The fourth-order valence-electron chi connectivity index (χ4n) is 3.29. The van der Waals surface area contributed by atoms with E-state index in [1.54, 1.807) is 0 Å². The van der Waals surface area contributed by atoms with Crippen LogP contribution in [0.3, 0.4) is 0 Å². The summed E-state index contributed by atoms with van der Waals surface area (Å²) in [5, 5.41) is 12.5. The fourth-order valence-corrected chi connectivity index (χ4v) is 3.29. The normalized spacial score (nSPS) is 29.8. The van der Waals surface area contributed by atoms with Crippen molar-refractivity contribution in [3.05, 3.63) is 0 Å². The van der Waals surface area contributed by atoms with Gasteiger partial charge in [-0.15, -0.1) is 0 Å². The van der Waals surface area contributed by atoms with Crippen LogP contribution in [0.15, 0.2) is 0 Å². The Hall–Kier alpha value is -0.120. The van der Waals surface area contributed by atoms with Gasteiger partial charge in [0.2, 0.25) is 0 Å². The van der Waals surface area contributed by atoms with Gasteiger partial charge in [0.1, 0.15) is 0 Å². The van der Waals surface area contributed by atoms with E-state index in [9.17, 15) is 0 Å². The molecule has 0 aromatic heterocycles. The van der Waals surface area contributed by atoms with Crippen molar-refractivity contribution in [1.29, 1.82) is 0 Å². The molecule has 1 saturated carbocycles. The minimum atomic E-state index is 0.260. The van der Waals surface area contributed by atoms with Crippen molar-refractivity contribution in [2.45, 2.75) is 46.1 Å². The van der Waals surface area contributed by atoms with Gasteiger partial charge in [0.15, 0.2) is 0 Å². The predicted octanol–water partition coefficient (Wildman–Crippen LogP) is 1.96. The minimum absolute atomic E-state index is 0.260. The molecule has 3 heteroatoms. The summed E-state index contributed by atoms with van der Waals surface area (Å²) in [5.74, 6) is 1.54.